The summed E-state index contributed by atoms with van der Waals surface area (Å²) in [6, 6.07) is 4.86. The van der Waals surface area contributed by atoms with Crippen LogP contribution in [0, 0.1) is 0 Å². The van der Waals surface area contributed by atoms with Crippen molar-refractivity contribution < 1.29 is 19.1 Å². The number of carbonyl (C=O) groups is 2. The van der Waals surface area contributed by atoms with Gasteiger partial charge in [-0.25, -0.2) is 0 Å². The predicted molar refractivity (Wildman–Crippen MR) is 62.6 cm³/mol. The zero-order chi connectivity index (χ0) is 12.8. The molecule has 0 bridgehead atoms. The number of amides is 1. The summed E-state index contributed by atoms with van der Waals surface area (Å²) in [4.78, 5) is 22.4. The zero-order valence-corrected chi connectivity index (χ0v) is 10.1. The van der Waals surface area contributed by atoms with Crippen LogP contribution < -0.4 is 14.8 Å². The van der Waals surface area contributed by atoms with Crippen molar-refractivity contribution >= 4 is 11.7 Å². The summed E-state index contributed by atoms with van der Waals surface area (Å²) in [6.45, 7) is 1.30. The van der Waals surface area contributed by atoms with Crippen molar-refractivity contribution in [2.24, 2.45) is 0 Å². The lowest BCUT2D eigenvalue weighted by Gasteiger charge is -2.10. The van der Waals surface area contributed by atoms with Crippen molar-refractivity contribution in [2.75, 3.05) is 20.8 Å². The molecule has 1 aromatic rings. The molecule has 0 spiro atoms. The van der Waals surface area contributed by atoms with Crippen LogP contribution in [0.1, 0.15) is 17.3 Å². The van der Waals surface area contributed by atoms with E-state index in [9.17, 15) is 9.59 Å². The molecule has 0 saturated carbocycles. The Labute approximate surface area is 99.7 Å². The van der Waals surface area contributed by atoms with E-state index in [1.807, 2.05) is 0 Å². The Morgan fingerprint density at radius 3 is 2.59 bits per heavy atom. The van der Waals surface area contributed by atoms with Crippen LogP contribution in [0.2, 0.25) is 0 Å². The van der Waals surface area contributed by atoms with Crippen molar-refractivity contribution in [3.05, 3.63) is 23.8 Å². The van der Waals surface area contributed by atoms with Gasteiger partial charge in [-0.1, -0.05) is 0 Å². The molecule has 5 nitrogen and oxygen atoms in total. The topological polar surface area (TPSA) is 64.6 Å². The predicted octanol–water partition coefficient (Wildman–Crippen LogP) is 1.02. The number of rotatable bonds is 5. The fourth-order valence-corrected chi connectivity index (χ4v) is 1.26. The van der Waals surface area contributed by atoms with E-state index in [0.717, 1.165) is 0 Å². The molecule has 0 atom stereocenters. The molecule has 0 unspecified atom stereocenters. The van der Waals surface area contributed by atoms with Crippen molar-refractivity contribution in [1.29, 1.82) is 0 Å². The smallest absolute Gasteiger partial charge is 0.257 e. The molecule has 0 aliphatic heterocycles. The van der Waals surface area contributed by atoms with Gasteiger partial charge in [0.2, 0.25) is 0 Å². The molecule has 0 heterocycles. The second-order valence-corrected chi connectivity index (χ2v) is 3.38. The maximum atomic E-state index is 11.4. The zero-order valence-electron chi connectivity index (χ0n) is 10.1. The number of carbonyl (C=O) groups excluding carboxylic acids is 2. The van der Waals surface area contributed by atoms with E-state index < -0.39 is 0 Å². The first-order valence-corrected chi connectivity index (χ1v) is 5.11. The van der Waals surface area contributed by atoms with Crippen LogP contribution in [0.4, 0.5) is 0 Å². The van der Waals surface area contributed by atoms with E-state index in [1.165, 1.54) is 21.1 Å². The van der Waals surface area contributed by atoms with Crippen LogP contribution in [0.15, 0.2) is 18.2 Å². The highest BCUT2D eigenvalue weighted by Gasteiger charge is 2.11. The average Bonchev–Trinajstić information content (AvgIpc) is 2.35. The van der Waals surface area contributed by atoms with Gasteiger partial charge in [-0.2, -0.15) is 0 Å². The molecule has 0 saturated heterocycles. The quantitative estimate of drug-likeness (QED) is 0.777. The number of methoxy groups -OCH3 is 1. The Hall–Kier alpha value is -2.04. The van der Waals surface area contributed by atoms with E-state index in [-0.39, 0.29) is 18.3 Å². The largest absolute Gasteiger partial charge is 0.497 e. The molecule has 0 fully saturated rings. The SMILES string of the molecule is CNC(=O)COc1cc(OC)ccc1C(C)=O. The Balaban J connectivity index is 2.93. The standard InChI is InChI=1S/C12H15NO4/c1-8(14)10-5-4-9(16-3)6-11(10)17-7-12(15)13-2/h4-6H,7H2,1-3H3,(H,13,15). The van der Waals surface area contributed by atoms with E-state index in [1.54, 1.807) is 18.2 Å². The first kappa shape index (κ1) is 13.0. The Morgan fingerprint density at radius 2 is 2.06 bits per heavy atom. The molecule has 0 radical (unpaired) electrons. The second-order valence-electron chi connectivity index (χ2n) is 3.38. The Bertz CT molecular complexity index is 429. The molecular formula is C12H15NO4. The minimum Gasteiger partial charge on any atom is -0.497 e. The van der Waals surface area contributed by atoms with Crippen molar-refractivity contribution in [3.8, 4) is 11.5 Å². The fraction of sp³-hybridized carbons (Fsp3) is 0.333. The third-order valence-electron chi connectivity index (χ3n) is 2.21. The summed E-state index contributed by atoms with van der Waals surface area (Å²) < 4.78 is 10.3. The summed E-state index contributed by atoms with van der Waals surface area (Å²) in [5.74, 6) is 0.532. The number of hydrogen-bond donors (Lipinski definition) is 1. The molecule has 1 rings (SSSR count). The summed E-state index contributed by atoms with van der Waals surface area (Å²) in [7, 11) is 3.04. The number of benzene rings is 1. The molecule has 5 heteroatoms. The van der Waals surface area contributed by atoms with Crippen LogP contribution in [-0.2, 0) is 4.79 Å². The molecule has 92 valence electrons. The molecule has 1 aromatic carbocycles. The van der Waals surface area contributed by atoms with Gasteiger partial charge in [-0.3, -0.25) is 9.59 Å². The lowest BCUT2D eigenvalue weighted by atomic mass is 10.1. The van der Waals surface area contributed by atoms with Crippen molar-refractivity contribution in [3.63, 3.8) is 0 Å². The minimum absolute atomic E-state index is 0.125. The Kier molecular flexibility index (Phi) is 4.51. The normalized spacial score (nSPS) is 9.59. The summed E-state index contributed by atoms with van der Waals surface area (Å²) in [5.41, 5.74) is 0.426. The molecule has 17 heavy (non-hydrogen) atoms. The first-order valence-electron chi connectivity index (χ1n) is 5.11. The third-order valence-corrected chi connectivity index (χ3v) is 2.21. The van der Waals surface area contributed by atoms with Gasteiger partial charge in [0.05, 0.1) is 12.7 Å². The van der Waals surface area contributed by atoms with Crippen LogP contribution in [0.25, 0.3) is 0 Å². The molecule has 1 N–H and O–H groups in total. The molecule has 0 aliphatic rings. The lowest BCUT2D eigenvalue weighted by Crippen LogP contribution is -2.25. The van der Waals surface area contributed by atoms with Gasteiger partial charge in [0.25, 0.3) is 5.91 Å². The first-order chi connectivity index (χ1) is 8.08. The number of nitrogens with one attached hydrogen (secondary N) is 1. The molecule has 0 aliphatic carbocycles. The van der Waals surface area contributed by atoms with Crippen molar-refractivity contribution in [2.45, 2.75) is 6.92 Å². The van der Waals surface area contributed by atoms with Gasteiger partial charge in [0.15, 0.2) is 12.4 Å². The van der Waals surface area contributed by atoms with Crippen LogP contribution in [0.5, 0.6) is 11.5 Å². The maximum absolute atomic E-state index is 11.4. The number of ether oxygens (including phenoxy) is 2. The Morgan fingerprint density at radius 1 is 1.35 bits per heavy atom. The van der Waals surface area contributed by atoms with Gasteiger partial charge in [0, 0.05) is 13.1 Å². The molecule has 1 amide bonds. The molecular weight excluding hydrogens is 222 g/mol. The van der Waals surface area contributed by atoms with Crippen LogP contribution in [0.3, 0.4) is 0 Å². The van der Waals surface area contributed by atoms with E-state index in [4.69, 9.17) is 9.47 Å². The number of hydrogen-bond acceptors (Lipinski definition) is 4. The minimum atomic E-state index is -0.262. The highest BCUT2D eigenvalue weighted by atomic mass is 16.5. The number of likely N-dealkylation sites (N-methyl/N-ethyl adjacent to an activating group) is 1. The fourth-order valence-electron chi connectivity index (χ4n) is 1.26. The van der Waals surface area contributed by atoms with Crippen LogP contribution in [-0.4, -0.2) is 32.5 Å². The molecule has 0 aromatic heterocycles. The van der Waals surface area contributed by atoms with E-state index in [0.29, 0.717) is 17.1 Å². The number of Topliss-reactive ketones (excluding diaryl/α,β-unsaturated/α-hetero) is 1. The summed E-state index contributed by atoms with van der Waals surface area (Å²) in [6.07, 6.45) is 0. The van der Waals surface area contributed by atoms with Gasteiger partial charge in [-0.15, -0.1) is 0 Å². The van der Waals surface area contributed by atoms with Gasteiger partial charge in [-0.05, 0) is 19.1 Å². The summed E-state index contributed by atoms with van der Waals surface area (Å²) in [5, 5.41) is 2.43. The van der Waals surface area contributed by atoms with Gasteiger partial charge in [0.1, 0.15) is 11.5 Å². The van der Waals surface area contributed by atoms with Crippen LogP contribution >= 0.6 is 0 Å². The highest BCUT2D eigenvalue weighted by Crippen LogP contribution is 2.25. The third kappa shape index (κ3) is 3.48. The highest BCUT2D eigenvalue weighted by molar-refractivity contribution is 5.97. The van der Waals surface area contributed by atoms with Gasteiger partial charge >= 0.3 is 0 Å². The lowest BCUT2D eigenvalue weighted by molar-refractivity contribution is -0.122. The monoisotopic (exact) mass is 237 g/mol. The van der Waals surface area contributed by atoms with Gasteiger partial charge < -0.3 is 14.8 Å². The second kappa shape index (κ2) is 5.89. The van der Waals surface area contributed by atoms with Crippen molar-refractivity contribution in [1.82, 2.24) is 5.32 Å². The average molecular weight is 237 g/mol. The maximum Gasteiger partial charge on any atom is 0.257 e. The number of ketones is 1. The van der Waals surface area contributed by atoms with E-state index in [2.05, 4.69) is 5.32 Å². The van der Waals surface area contributed by atoms with E-state index >= 15 is 0 Å². The summed E-state index contributed by atoms with van der Waals surface area (Å²) >= 11 is 0.